The minimum absolute atomic E-state index is 0.278. The van der Waals surface area contributed by atoms with Crippen LogP contribution >= 0.6 is 0 Å². The van der Waals surface area contributed by atoms with E-state index in [1.54, 1.807) is 0 Å². The first-order valence-electron chi connectivity index (χ1n) is 6.87. The van der Waals surface area contributed by atoms with Crippen LogP contribution in [0, 0.1) is 11.7 Å². The molecule has 1 aromatic heterocycles. The fraction of sp³-hybridized carbons (Fsp3) is 0.692. The molecule has 0 saturated carbocycles. The highest BCUT2D eigenvalue weighted by molar-refractivity contribution is 5.41. The van der Waals surface area contributed by atoms with Crippen molar-refractivity contribution in [3.05, 3.63) is 12.0 Å². The van der Waals surface area contributed by atoms with Crippen LogP contribution in [-0.4, -0.2) is 36.3 Å². The Morgan fingerprint density at radius 2 is 2.16 bits per heavy atom. The first kappa shape index (κ1) is 14.0. The van der Waals surface area contributed by atoms with Crippen molar-refractivity contribution in [3.8, 4) is 0 Å². The highest BCUT2D eigenvalue weighted by Crippen LogP contribution is 2.17. The van der Waals surface area contributed by atoms with E-state index in [4.69, 9.17) is 4.74 Å². The van der Waals surface area contributed by atoms with Crippen LogP contribution in [0.1, 0.15) is 26.2 Å². The smallest absolute Gasteiger partial charge is 0.224 e. The fourth-order valence-electron chi connectivity index (χ4n) is 2.00. The molecule has 2 rings (SSSR count). The lowest BCUT2D eigenvalue weighted by atomic mass is 10.0. The van der Waals surface area contributed by atoms with Crippen LogP contribution in [0.15, 0.2) is 6.20 Å². The van der Waals surface area contributed by atoms with Gasteiger partial charge in [-0.1, -0.05) is 6.92 Å². The van der Waals surface area contributed by atoms with E-state index >= 15 is 0 Å². The number of hydrogen-bond acceptors (Lipinski definition) is 5. The molecule has 0 bridgehead atoms. The van der Waals surface area contributed by atoms with Crippen molar-refractivity contribution >= 4 is 11.8 Å². The van der Waals surface area contributed by atoms with Gasteiger partial charge in [-0.2, -0.15) is 4.98 Å². The molecular weight excluding hydrogens is 247 g/mol. The number of aromatic nitrogens is 2. The summed E-state index contributed by atoms with van der Waals surface area (Å²) >= 11 is 0. The summed E-state index contributed by atoms with van der Waals surface area (Å²) in [6, 6.07) is 0. The second-order valence-electron chi connectivity index (χ2n) is 4.75. The third kappa shape index (κ3) is 4.31. The van der Waals surface area contributed by atoms with Gasteiger partial charge in [-0.3, -0.25) is 0 Å². The summed E-state index contributed by atoms with van der Waals surface area (Å²) in [5.41, 5.74) is 0. The summed E-state index contributed by atoms with van der Waals surface area (Å²) in [6.07, 6.45) is 4.21. The first-order valence-corrected chi connectivity index (χ1v) is 6.87. The molecule has 6 heteroatoms. The molecule has 5 nitrogen and oxygen atoms in total. The average molecular weight is 268 g/mol. The average Bonchev–Trinajstić information content (AvgIpc) is 2.46. The molecule has 1 aliphatic rings. The van der Waals surface area contributed by atoms with Crippen LogP contribution in [-0.2, 0) is 4.74 Å². The van der Waals surface area contributed by atoms with E-state index < -0.39 is 5.82 Å². The zero-order valence-electron chi connectivity index (χ0n) is 11.3. The van der Waals surface area contributed by atoms with Gasteiger partial charge in [0.15, 0.2) is 11.6 Å². The van der Waals surface area contributed by atoms with E-state index in [0.717, 1.165) is 45.6 Å². The molecule has 106 valence electrons. The summed E-state index contributed by atoms with van der Waals surface area (Å²) in [5.74, 6) is 0.863. The number of ether oxygens (including phenoxy) is 1. The van der Waals surface area contributed by atoms with Crippen molar-refractivity contribution in [2.45, 2.75) is 26.2 Å². The number of nitrogens with zero attached hydrogens (tertiary/aromatic N) is 2. The van der Waals surface area contributed by atoms with Gasteiger partial charge in [0.1, 0.15) is 0 Å². The van der Waals surface area contributed by atoms with Gasteiger partial charge in [-0.25, -0.2) is 9.37 Å². The molecule has 2 heterocycles. The van der Waals surface area contributed by atoms with E-state index in [1.807, 2.05) is 0 Å². The SMILES string of the molecule is CCCNc1ncc(F)c(NCC2CCOCC2)n1. The van der Waals surface area contributed by atoms with Gasteiger partial charge in [0, 0.05) is 26.3 Å². The monoisotopic (exact) mass is 268 g/mol. The standard InChI is InChI=1S/C13H21FN4O/c1-2-5-15-13-17-9-11(14)12(18-13)16-8-10-3-6-19-7-4-10/h9-10H,2-8H2,1H3,(H2,15,16,17,18). The molecule has 0 atom stereocenters. The summed E-state index contributed by atoms with van der Waals surface area (Å²) in [6.45, 7) is 5.15. The minimum atomic E-state index is -0.408. The molecule has 0 amide bonds. The number of halogens is 1. The maximum absolute atomic E-state index is 13.6. The van der Waals surface area contributed by atoms with Gasteiger partial charge >= 0.3 is 0 Å². The number of hydrogen-bond donors (Lipinski definition) is 2. The summed E-state index contributed by atoms with van der Waals surface area (Å²) in [4.78, 5) is 8.07. The third-order valence-electron chi connectivity index (χ3n) is 3.18. The van der Waals surface area contributed by atoms with Crippen LogP contribution in [0.3, 0.4) is 0 Å². The topological polar surface area (TPSA) is 59.1 Å². The molecule has 19 heavy (non-hydrogen) atoms. The predicted octanol–water partition coefficient (Wildman–Crippen LogP) is 2.28. The molecule has 0 radical (unpaired) electrons. The highest BCUT2D eigenvalue weighted by Gasteiger charge is 2.15. The van der Waals surface area contributed by atoms with E-state index in [-0.39, 0.29) is 5.82 Å². The molecule has 0 unspecified atom stereocenters. The minimum Gasteiger partial charge on any atom is -0.381 e. The zero-order chi connectivity index (χ0) is 13.5. The van der Waals surface area contributed by atoms with Crippen LogP contribution in [0.2, 0.25) is 0 Å². The van der Waals surface area contributed by atoms with Gasteiger partial charge in [0.25, 0.3) is 0 Å². The van der Waals surface area contributed by atoms with Crippen LogP contribution in [0.4, 0.5) is 16.2 Å². The Morgan fingerprint density at radius 1 is 1.37 bits per heavy atom. The Labute approximate surface area is 113 Å². The van der Waals surface area contributed by atoms with Crippen LogP contribution < -0.4 is 10.6 Å². The van der Waals surface area contributed by atoms with Gasteiger partial charge in [-0.15, -0.1) is 0 Å². The predicted molar refractivity (Wildman–Crippen MR) is 72.8 cm³/mol. The van der Waals surface area contributed by atoms with Crippen molar-refractivity contribution in [2.75, 3.05) is 36.9 Å². The Morgan fingerprint density at radius 3 is 2.89 bits per heavy atom. The summed E-state index contributed by atoms with van der Waals surface area (Å²) in [7, 11) is 0. The number of anilines is 2. The van der Waals surface area contributed by atoms with Gasteiger partial charge < -0.3 is 15.4 Å². The maximum Gasteiger partial charge on any atom is 0.224 e. The van der Waals surface area contributed by atoms with Crippen molar-refractivity contribution in [3.63, 3.8) is 0 Å². The van der Waals surface area contributed by atoms with Crippen molar-refractivity contribution in [1.29, 1.82) is 0 Å². The van der Waals surface area contributed by atoms with E-state index in [9.17, 15) is 4.39 Å². The van der Waals surface area contributed by atoms with Crippen molar-refractivity contribution < 1.29 is 9.13 Å². The van der Waals surface area contributed by atoms with Crippen molar-refractivity contribution in [2.24, 2.45) is 5.92 Å². The molecule has 1 aromatic rings. The Kier molecular flexibility index (Phi) is 5.32. The second-order valence-corrected chi connectivity index (χ2v) is 4.75. The van der Waals surface area contributed by atoms with E-state index in [0.29, 0.717) is 11.9 Å². The molecule has 1 saturated heterocycles. The lowest BCUT2D eigenvalue weighted by Crippen LogP contribution is -2.23. The third-order valence-corrected chi connectivity index (χ3v) is 3.18. The summed E-state index contributed by atoms with van der Waals surface area (Å²) in [5, 5.41) is 6.13. The maximum atomic E-state index is 13.6. The second kappa shape index (κ2) is 7.23. The lowest BCUT2D eigenvalue weighted by molar-refractivity contribution is 0.0699. The Bertz CT molecular complexity index is 396. The number of nitrogens with one attached hydrogen (secondary N) is 2. The molecule has 0 aromatic carbocycles. The normalized spacial score (nSPS) is 16.3. The van der Waals surface area contributed by atoms with E-state index in [2.05, 4.69) is 27.5 Å². The Hall–Kier alpha value is -1.43. The molecule has 2 N–H and O–H groups in total. The Balaban J connectivity index is 1.90. The highest BCUT2D eigenvalue weighted by atomic mass is 19.1. The quantitative estimate of drug-likeness (QED) is 0.829. The lowest BCUT2D eigenvalue weighted by Gasteiger charge is -2.22. The fourth-order valence-corrected chi connectivity index (χ4v) is 2.00. The zero-order valence-corrected chi connectivity index (χ0v) is 11.3. The summed E-state index contributed by atoms with van der Waals surface area (Å²) < 4.78 is 18.9. The largest absolute Gasteiger partial charge is 0.381 e. The molecular formula is C13H21FN4O. The number of rotatable bonds is 6. The van der Waals surface area contributed by atoms with Crippen LogP contribution in [0.25, 0.3) is 0 Å². The molecule has 1 aliphatic heterocycles. The van der Waals surface area contributed by atoms with Crippen molar-refractivity contribution in [1.82, 2.24) is 9.97 Å². The van der Waals surface area contributed by atoms with Gasteiger partial charge in [-0.05, 0) is 25.2 Å². The van der Waals surface area contributed by atoms with Crippen LogP contribution in [0.5, 0.6) is 0 Å². The van der Waals surface area contributed by atoms with E-state index in [1.165, 1.54) is 6.20 Å². The van der Waals surface area contributed by atoms with Gasteiger partial charge in [0.2, 0.25) is 5.95 Å². The molecule has 0 spiro atoms. The molecule has 0 aliphatic carbocycles. The van der Waals surface area contributed by atoms with Gasteiger partial charge in [0.05, 0.1) is 6.20 Å². The first-order chi connectivity index (χ1) is 9.29. The molecule has 1 fully saturated rings.